The summed E-state index contributed by atoms with van der Waals surface area (Å²) in [6, 6.07) is 2.64. The molecule has 196 valence electrons. The molecule has 1 aromatic heterocycles. The lowest BCUT2D eigenvalue weighted by molar-refractivity contribution is -0.141. The number of primary amides is 1. The van der Waals surface area contributed by atoms with E-state index in [1.807, 2.05) is 24.3 Å². The van der Waals surface area contributed by atoms with Gasteiger partial charge in [-0.15, -0.1) is 0 Å². The number of para-hydroxylation sites is 1. The van der Waals surface area contributed by atoms with Crippen LogP contribution >= 0.6 is 25.3 Å². The van der Waals surface area contributed by atoms with Gasteiger partial charge in [0.1, 0.15) is 18.1 Å². The highest BCUT2D eigenvalue weighted by Gasteiger charge is 2.30. The first-order chi connectivity index (χ1) is 17.1. The smallest absolute Gasteiger partial charge is 0.327 e. The second kappa shape index (κ2) is 13.8. The van der Waals surface area contributed by atoms with Crippen molar-refractivity contribution in [2.45, 2.75) is 43.4 Å². The summed E-state index contributed by atoms with van der Waals surface area (Å²) in [6.07, 6.45) is 1.33. The lowest BCUT2D eigenvalue weighted by Crippen LogP contribution is -2.58. The maximum Gasteiger partial charge on any atom is 0.327 e. The maximum atomic E-state index is 13.3. The average molecular weight is 539 g/mol. The van der Waals surface area contributed by atoms with Crippen LogP contribution in [0.25, 0.3) is 10.9 Å². The Hall–Kier alpha value is -3.23. The number of benzene rings is 1. The summed E-state index contributed by atoms with van der Waals surface area (Å²) in [5, 5.41) is 17.4. The molecule has 14 heteroatoms. The normalized spacial score (nSPS) is 14.3. The van der Waals surface area contributed by atoms with Crippen molar-refractivity contribution in [1.82, 2.24) is 20.9 Å². The van der Waals surface area contributed by atoms with Crippen LogP contribution in [-0.4, -0.2) is 75.4 Å². The summed E-state index contributed by atoms with van der Waals surface area (Å²) in [6.45, 7) is 0. The third-order valence-electron chi connectivity index (χ3n) is 5.37. The Bertz CT molecular complexity index is 1110. The number of rotatable bonds is 14. The predicted octanol–water partition coefficient (Wildman–Crippen LogP) is -1.30. The minimum atomic E-state index is -1.32. The van der Waals surface area contributed by atoms with E-state index in [0.29, 0.717) is 0 Å². The van der Waals surface area contributed by atoms with Crippen molar-refractivity contribution in [1.29, 1.82) is 0 Å². The molecule has 4 unspecified atom stereocenters. The van der Waals surface area contributed by atoms with Gasteiger partial charge in [-0.2, -0.15) is 25.3 Å². The van der Waals surface area contributed by atoms with E-state index in [2.05, 4.69) is 46.2 Å². The molecule has 12 nitrogen and oxygen atoms in total. The van der Waals surface area contributed by atoms with Gasteiger partial charge in [-0.05, 0) is 18.1 Å². The van der Waals surface area contributed by atoms with Crippen LogP contribution in [0.15, 0.2) is 30.5 Å². The third-order valence-corrected chi connectivity index (χ3v) is 6.13. The summed E-state index contributed by atoms with van der Waals surface area (Å²) in [7, 11) is 0. The molecule has 4 amide bonds. The van der Waals surface area contributed by atoms with Crippen molar-refractivity contribution >= 4 is 65.8 Å². The number of hydrogen-bond donors (Lipinski definition) is 9. The van der Waals surface area contributed by atoms with E-state index in [4.69, 9.17) is 11.5 Å². The van der Waals surface area contributed by atoms with Crippen LogP contribution in [0.3, 0.4) is 0 Å². The van der Waals surface area contributed by atoms with Gasteiger partial charge in [-0.1, -0.05) is 18.2 Å². The van der Waals surface area contributed by atoms with Crippen molar-refractivity contribution in [3.8, 4) is 0 Å². The summed E-state index contributed by atoms with van der Waals surface area (Å²) in [4.78, 5) is 64.2. The molecule has 0 spiro atoms. The molecule has 0 saturated heterocycles. The van der Waals surface area contributed by atoms with Gasteiger partial charge in [-0.25, -0.2) is 4.79 Å². The zero-order valence-electron chi connectivity index (χ0n) is 19.3. The molecule has 36 heavy (non-hydrogen) atoms. The molecule has 0 aliphatic heterocycles. The number of hydrogen-bond acceptors (Lipinski definition) is 8. The second-order valence-electron chi connectivity index (χ2n) is 8.06. The van der Waals surface area contributed by atoms with Crippen molar-refractivity contribution < 1.29 is 29.1 Å². The molecule has 9 N–H and O–H groups in total. The standard InChI is InChI=1S/C22H30N6O6S2/c23-13(9-35)19(30)27-16(7-11-8-25-14-4-2-1-3-12(11)14)21(32)26-15(5-6-18(24)29)20(31)28-17(10-36)22(33)34/h1-4,8,13,15-17,25,35-36H,5-7,9-10,23H2,(H2,24,29)(H,26,32)(H,27,30)(H,28,31)(H,33,34). The topological polar surface area (TPSA) is 209 Å². The number of nitrogens with one attached hydrogen (secondary N) is 4. The zero-order chi connectivity index (χ0) is 26.8. The molecule has 0 fully saturated rings. The van der Waals surface area contributed by atoms with Crippen LogP contribution in [0.5, 0.6) is 0 Å². The van der Waals surface area contributed by atoms with Crippen LogP contribution in [0.4, 0.5) is 0 Å². The van der Waals surface area contributed by atoms with E-state index in [1.54, 1.807) is 6.20 Å². The Kier molecular flexibility index (Phi) is 11.1. The molecule has 1 aromatic carbocycles. The zero-order valence-corrected chi connectivity index (χ0v) is 21.1. The highest BCUT2D eigenvalue weighted by atomic mass is 32.1. The van der Waals surface area contributed by atoms with E-state index in [0.717, 1.165) is 16.5 Å². The Labute approximate surface area is 218 Å². The first-order valence-electron chi connectivity index (χ1n) is 11.0. The first-order valence-corrected chi connectivity index (χ1v) is 12.3. The minimum Gasteiger partial charge on any atom is -0.480 e. The number of amides is 4. The minimum absolute atomic E-state index is 0.0389. The Morgan fingerprint density at radius 2 is 1.53 bits per heavy atom. The van der Waals surface area contributed by atoms with E-state index in [1.165, 1.54) is 0 Å². The van der Waals surface area contributed by atoms with Gasteiger partial charge in [0.05, 0.1) is 6.04 Å². The lowest BCUT2D eigenvalue weighted by Gasteiger charge is -2.24. The number of carbonyl (C=O) groups excluding carboxylic acids is 4. The van der Waals surface area contributed by atoms with Gasteiger partial charge in [0, 0.05) is 41.4 Å². The second-order valence-corrected chi connectivity index (χ2v) is 8.79. The van der Waals surface area contributed by atoms with Crippen LogP contribution in [0.1, 0.15) is 18.4 Å². The molecule has 0 bridgehead atoms. The van der Waals surface area contributed by atoms with Crippen LogP contribution in [0, 0.1) is 0 Å². The summed E-state index contributed by atoms with van der Waals surface area (Å²) in [5.41, 5.74) is 12.5. The molecule has 0 aliphatic rings. The van der Waals surface area contributed by atoms with Crippen molar-refractivity contribution in [2.24, 2.45) is 11.5 Å². The van der Waals surface area contributed by atoms with Gasteiger partial charge >= 0.3 is 5.97 Å². The fourth-order valence-corrected chi connectivity index (χ4v) is 3.79. The molecule has 0 saturated carbocycles. The van der Waals surface area contributed by atoms with Gasteiger partial charge in [0.25, 0.3) is 0 Å². The van der Waals surface area contributed by atoms with E-state index < -0.39 is 53.8 Å². The molecule has 1 heterocycles. The molecule has 2 aromatic rings. The largest absolute Gasteiger partial charge is 0.480 e. The van der Waals surface area contributed by atoms with Crippen LogP contribution in [-0.2, 0) is 30.4 Å². The highest BCUT2D eigenvalue weighted by Crippen LogP contribution is 2.19. The number of carboxylic acids is 1. The van der Waals surface area contributed by atoms with Crippen molar-refractivity contribution in [3.63, 3.8) is 0 Å². The number of aliphatic carboxylic acids is 1. The number of carbonyl (C=O) groups is 5. The lowest BCUT2D eigenvalue weighted by atomic mass is 10.0. The number of aromatic nitrogens is 1. The monoisotopic (exact) mass is 538 g/mol. The first kappa shape index (κ1) is 29.0. The number of nitrogens with two attached hydrogens (primary N) is 2. The number of aromatic amines is 1. The molecule has 0 aliphatic carbocycles. The van der Waals surface area contributed by atoms with Gasteiger partial charge in [-0.3, -0.25) is 19.2 Å². The summed E-state index contributed by atoms with van der Waals surface area (Å²) < 4.78 is 0. The van der Waals surface area contributed by atoms with Crippen molar-refractivity contribution in [2.75, 3.05) is 11.5 Å². The number of carboxylic acid groups (broad SMARTS) is 1. The third kappa shape index (κ3) is 8.17. The predicted molar refractivity (Wildman–Crippen MR) is 140 cm³/mol. The molecule has 2 rings (SSSR count). The summed E-state index contributed by atoms with van der Waals surface area (Å²) >= 11 is 7.92. The molecular weight excluding hydrogens is 508 g/mol. The van der Waals surface area contributed by atoms with Crippen LogP contribution in [0.2, 0.25) is 0 Å². The van der Waals surface area contributed by atoms with E-state index >= 15 is 0 Å². The molecule has 4 atom stereocenters. The fraction of sp³-hybridized carbons (Fsp3) is 0.409. The van der Waals surface area contributed by atoms with Crippen LogP contribution < -0.4 is 27.4 Å². The van der Waals surface area contributed by atoms with Gasteiger partial charge in [0.15, 0.2) is 0 Å². The van der Waals surface area contributed by atoms with E-state index in [-0.39, 0.29) is 30.8 Å². The van der Waals surface area contributed by atoms with Gasteiger partial charge in [0.2, 0.25) is 23.6 Å². The number of H-pyrrole nitrogens is 1. The maximum absolute atomic E-state index is 13.3. The highest BCUT2D eigenvalue weighted by molar-refractivity contribution is 7.80. The quantitative estimate of drug-likeness (QED) is 0.133. The molecular formula is C22H30N6O6S2. The van der Waals surface area contributed by atoms with E-state index in [9.17, 15) is 29.1 Å². The fourth-order valence-electron chi connectivity index (χ4n) is 3.38. The number of thiol groups is 2. The van der Waals surface area contributed by atoms with Gasteiger partial charge < -0.3 is 37.5 Å². The van der Waals surface area contributed by atoms with Crippen molar-refractivity contribution in [3.05, 3.63) is 36.0 Å². The Balaban J connectivity index is 2.29. The number of fused-ring (bicyclic) bond motifs is 1. The Morgan fingerprint density at radius 1 is 0.917 bits per heavy atom. The Morgan fingerprint density at radius 3 is 2.14 bits per heavy atom. The SMILES string of the molecule is NC(=O)CCC(NC(=O)C(Cc1c[nH]c2ccccc12)NC(=O)C(N)CS)C(=O)NC(CS)C(=O)O. The average Bonchev–Trinajstić information content (AvgIpc) is 3.26. The molecule has 0 radical (unpaired) electrons. The summed E-state index contributed by atoms with van der Waals surface area (Å²) in [5.74, 6) is -4.38.